The van der Waals surface area contributed by atoms with Crippen molar-refractivity contribution >= 4 is 27.5 Å². The maximum absolute atomic E-state index is 12.2. The van der Waals surface area contributed by atoms with Crippen molar-refractivity contribution in [1.82, 2.24) is 0 Å². The first-order valence-corrected chi connectivity index (χ1v) is 7.29. The van der Waals surface area contributed by atoms with Gasteiger partial charge >= 0.3 is 0 Å². The number of nitrogens with two attached hydrogens (primary N) is 1. The van der Waals surface area contributed by atoms with Crippen molar-refractivity contribution in [3.8, 4) is 5.75 Å². The van der Waals surface area contributed by atoms with Crippen LogP contribution >= 0.6 is 15.9 Å². The Bertz CT molecular complexity index is 465. The van der Waals surface area contributed by atoms with Crippen LogP contribution in [0.2, 0.25) is 0 Å². The molecule has 1 aliphatic carbocycles. The fourth-order valence-corrected chi connectivity index (χ4v) is 2.77. The molecule has 1 saturated carbocycles. The first kappa shape index (κ1) is 14.3. The van der Waals surface area contributed by atoms with Crippen LogP contribution in [0.4, 0.5) is 5.69 Å². The molecule has 0 aromatic heterocycles. The van der Waals surface area contributed by atoms with E-state index in [0.717, 1.165) is 41.6 Å². The van der Waals surface area contributed by atoms with E-state index >= 15 is 0 Å². The number of hydrogen-bond acceptors (Lipinski definition) is 3. The standard InChI is InChI=1S/C14H19BrN2O2/c1-19-11-5-6-12(15)13(8-11)17-14(18)9-3-2-4-10(16)7-9/h5-6,8-10H,2-4,7,16H2,1H3,(H,17,18). The second-order valence-corrected chi connectivity index (χ2v) is 5.81. The highest BCUT2D eigenvalue weighted by molar-refractivity contribution is 9.10. The molecule has 3 N–H and O–H groups in total. The monoisotopic (exact) mass is 326 g/mol. The van der Waals surface area contributed by atoms with Gasteiger partial charge in [0.25, 0.3) is 0 Å². The lowest BCUT2D eigenvalue weighted by Gasteiger charge is -2.25. The molecule has 0 radical (unpaired) electrons. The Labute approximate surface area is 121 Å². The van der Waals surface area contributed by atoms with Gasteiger partial charge in [-0.05, 0) is 47.3 Å². The van der Waals surface area contributed by atoms with Crippen molar-refractivity contribution in [1.29, 1.82) is 0 Å². The summed E-state index contributed by atoms with van der Waals surface area (Å²) in [5, 5.41) is 2.95. The predicted molar refractivity (Wildman–Crippen MR) is 79.3 cm³/mol. The van der Waals surface area contributed by atoms with Gasteiger partial charge in [-0.25, -0.2) is 0 Å². The number of ether oxygens (including phenoxy) is 1. The van der Waals surface area contributed by atoms with Crippen LogP contribution in [-0.4, -0.2) is 19.1 Å². The van der Waals surface area contributed by atoms with E-state index in [2.05, 4.69) is 21.2 Å². The molecule has 1 aromatic carbocycles. The van der Waals surface area contributed by atoms with Gasteiger partial charge in [0, 0.05) is 22.5 Å². The molecule has 2 unspecified atom stereocenters. The highest BCUT2D eigenvalue weighted by atomic mass is 79.9. The van der Waals surface area contributed by atoms with Crippen LogP contribution in [0.5, 0.6) is 5.75 Å². The second kappa shape index (κ2) is 6.39. The highest BCUT2D eigenvalue weighted by Gasteiger charge is 2.25. The van der Waals surface area contributed by atoms with E-state index in [0.29, 0.717) is 0 Å². The van der Waals surface area contributed by atoms with Gasteiger partial charge in [-0.1, -0.05) is 6.42 Å². The zero-order valence-corrected chi connectivity index (χ0v) is 12.6. The summed E-state index contributed by atoms with van der Waals surface area (Å²) in [5.74, 6) is 0.782. The van der Waals surface area contributed by atoms with Crippen LogP contribution in [0.15, 0.2) is 22.7 Å². The number of anilines is 1. The number of carbonyl (C=O) groups is 1. The first-order chi connectivity index (χ1) is 9.10. The molecule has 1 fully saturated rings. The normalized spacial score (nSPS) is 22.9. The molecule has 1 aliphatic rings. The number of hydrogen-bond donors (Lipinski definition) is 2. The number of nitrogens with one attached hydrogen (secondary N) is 1. The van der Waals surface area contributed by atoms with Gasteiger partial charge in [0.15, 0.2) is 0 Å². The zero-order valence-electron chi connectivity index (χ0n) is 11.0. The van der Waals surface area contributed by atoms with E-state index in [4.69, 9.17) is 10.5 Å². The van der Waals surface area contributed by atoms with Crippen LogP contribution < -0.4 is 15.8 Å². The van der Waals surface area contributed by atoms with Crippen molar-refractivity contribution in [2.75, 3.05) is 12.4 Å². The van der Waals surface area contributed by atoms with E-state index in [1.165, 1.54) is 0 Å². The molecule has 2 atom stereocenters. The lowest BCUT2D eigenvalue weighted by atomic mass is 9.85. The minimum Gasteiger partial charge on any atom is -0.497 e. The summed E-state index contributed by atoms with van der Waals surface area (Å²) in [6, 6.07) is 5.67. The third-order valence-corrected chi connectivity index (χ3v) is 4.21. The summed E-state index contributed by atoms with van der Waals surface area (Å²) >= 11 is 3.43. The van der Waals surface area contributed by atoms with Crippen molar-refractivity contribution < 1.29 is 9.53 Å². The Morgan fingerprint density at radius 3 is 2.95 bits per heavy atom. The first-order valence-electron chi connectivity index (χ1n) is 6.50. The molecule has 0 aliphatic heterocycles. The van der Waals surface area contributed by atoms with Gasteiger partial charge in [0.05, 0.1) is 12.8 Å². The van der Waals surface area contributed by atoms with Crippen LogP contribution in [0.1, 0.15) is 25.7 Å². The predicted octanol–water partition coefficient (Wildman–Crippen LogP) is 2.91. The molecule has 19 heavy (non-hydrogen) atoms. The molecule has 0 bridgehead atoms. The summed E-state index contributed by atoms with van der Waals surface area (Å²) in [6.07, 6.45) is 3.74. The minimum atomic E-state index is 0.0156. The summed E-state index contributed by atoms with van der Waals surface area (Å²) in [6.45, 7) is 0. The Morgan fingerprint density at radius 1 is 1.47 bits per heavy atom. The van der Waals surface area contributed by atoms with Gasteiger partial charge in [-0.3, -0.25) is 4.79 Å². The average Bonchev–Trinajstić information content (AvgIpc) is 2.41. The van der Waals surface area contributed by atoms with Crippen LogP contribution in [-0.2, 0) is 4.79 Å². The number of rotatable bonds is 3. The summed E-state index contributed by atoms with van der Waals surface area (Å²) in [7, 11) is 1.61. The minimum absolute atomic E-state index is 0.0156. The van der Waals surface area contributed by atoms with Gasteiger partial charge in [0.1, 0.15) is 5.75 Å². The summed E-state index contributed by atoms with van der Waals surface area (Å²) in [4.78, 5) is 12.2. The quantitative estimate of drug-likeness (QED) is 0.897. The highest BCUT2D eigenvalue weighted by Crippen LogP contribution is 2.29. The fraction of sp³-hybridized carbons (Fsp3) is 0.500. The molecular weight excluding hydrogens is 308 g/mol. The van der Waals surface area contributed by atoms with E-state index in [1.807, 2.05) is 18.2 Å². The maximum atomic E-state index is 12.2. The molecule has 104 valence electrons. The molecule has 0 spiro atoms. The Hall–Kier alpha value is -1.07. The molecule has 1 aromatic rings. The molecule has 5 heteroatoms. The second-order valence-electron chi connectivity index (χ2n) is 4.96. The van der Waals surface area contributed by atoms with Crippen molar-refractivity contribution in [3.63, 3.8) is 0 Å². The van der Waals surface area contributed by atoms with E-state index in [9.17, 15) is 4.79 Å². The molecule has 0 saturated heterocycles. The Morgan fingerprint density at radius 2 is 2.26 bits per heavy atom. The Kier molecular flexibility index (Phi) is 4.82. The zero-order chi connectivity index (χ0) is 13.8. The topological polar surface area (TPSA) is 64.3 Å². The van der Waals surface area contributed by atoms with Crippen LogP contribution in [0.25, 0.3) is 0 Å². The summed E-state index contributed by atoms with van der Waals surface area (Å²) in [5.41, 5.74) is 6.66. The molecule has 2 rings (SSSR count). The SMILES string of the molecule is COc1ccc(Br)c(NC(=O)C2CCCC(N)C2)c1. The van der Waals surface area contributed by atoms with E-state index in [1.54, 1.807) is 7.11 Å². The van der Waals surface area contributed by atoms with Gasteiger partial charge in [-0.2, -0.15) is 0 Å². The average molecular weight is 327 g/mol. The van der Waals surface area contributed by atoms with Gasteiger partial charge in [-0.15, -0.1) is 0 Å². The molecule has 1 amide bonds. The van der Waals surface area contributed by atoms with E-state index < -0.39 is 0 Å². The van der Waals surface area contributed by atoms with Crippen LogP contribution in [0.3, 0.4) is 0 Å². The van der Waals surface area contributed by atoms with Gasteiger partial charge < -0.3 is 15.8 Å². The largest absolute Gasteiger partial charge is 0.497 e. The van der Waals surface area contributed by atoms with Crippen LogP contribution in [0, 0.1) is 5.92 Å². The van der Waals surface area contributed by atoms with E-state index in [-0.39, 0.29) is 17.9 Å². The smallest absolute Gasteiger partial charge is 0.227 e. The molecule has 0 heterocycles. The molecule has 4 nitrogen and oxygen atoms in total. The lowest BCUT2D eigenvalue weighted by molar-refractivity contribution is -0.120. The maximum Gasteiger partial charge on any atom is 0.227 e. The number of benzene rings is 1. The third kappa shape index (κ3) is 3.70. The van der Waals surface area contributed by atoms with Crippen molar-refractivity contribution in [2.24, 2.45) is 11.7 Å². The van der Waals surface area contributed by atoms with Crippen molar-refractivity contribution in [3.05, 3.63) is 22.7 Å². The third-order valence-electron chi connectivity index (χ3n) is 3.52. The lowest BCUT2D eigenvalue weighted by Crippen LogP contribution is -2.34. The summed E-state index contributed by atoms with van der Waals surface area (Å²) < 4.78 is 6.01. The fourth-order valence-electron chi connectivity index (χ4n) is 2.43. The van der Waals surface area contributed by atoms with Crippen molar-refractivity contribution in [2.45, 2.75) is 31.7 Å². The Balaban J connectivity index is 2.05. The number of amides is 1. The number of halogens is 1. The molecular formula is C14H19BrN2O2. The van der Waals surface area contributed by atoms with Gasteiger partial charge in [0.2, 0.25) is 5.91 Å². The number of methoxy groups -OCH3 is 1. The number of carbonyl (C=O) groups excluding carboxylic acids is 1.